The monoisotopic (exact) mass is 509 g/mol. The van der Waals surface area contributed by atoms with Gasteiger partial charge in [0, 0.05) is 29.5 Å². The number of rotatable bonds is 6. The first-order chi connectivity index (χ1) is 18.2. The Bertz CT molecular complexity index is 1390. The number of carbonyl (C=O) groups excluding carboxylic acids is 2. The summed E-state index contributed by atoms with van der Waals surface area (Å²) in [7, 11) is 0. The van der Waals surface area contributed by atoms with Crippen LogP contribution in [0.1, 0.15) is 36.5 Å². The van der Waals surface area contributed by atoms with E-state index in [1.54, 1.807) is 26.0 Å². The lowest BCUT2D eigenvalue weighted by atomic mass is 9.73. The minimum absolute atomic E-state index is 0.0682. The Balaban J connectivity index is 1.57. The summed E-state index contributed by atoms with van der Waals surface area (Å²) in [5.74, 6) is -2.69. The van der Waals surface area contributed by atoms with Crippen LogP contribution in [0.5, 0.6) is 0 Å². The summed E-state index contributed by atoms with van der Waals surface area (Å²) in [6.07, 6.45) is 0. The molecule has 2 heterocycles. The fourth-order valence-electron chi connectivity index (χ4n) is 5.12. The van der Waals surface area contributed by atoms with Crippen molar-refractivity contribution in [3.8, 4) is 0 Å². The van der Waals surface area contributed by atoms with Gasteiger partial charge in [-0.15, -0.1) is 0 Å². The summed E-state index contributed by atoms with van der Waals surface area (Å²) in [6, 6.07) is 21.0. The third kappa shape index (κ3) is 4.36. The van der Waals surface area contributed by atoms with Crippen LogP contribution in [-0.2, 0) is 9.59 Å². The summed E-state index contributed by atoms with van der Waals surface area (Å²) >= 11 is 0. The molecule has 3 aromatic carbocycles. The van der Waals surface area contributed by atoms with Crippen LogP contribution in [0.3, 0.4) is 0 Å². The second-order valence-corrected chi connectivity index (χ2v) is 9.78. The van der Waals surface area contributed by atoms with Crippen LogP contribution in [0.15, 0.2) is 83.0 Å². The highest BCUT2D eigenvalue weighted by molar-refractivity contribution is 6.19. The van der Waals surface area contributed by atoms with Crippen LogP contribution in [0.25, 0.3) is 0 Å². The third-order valence-corrected chi connectivity index (χ3v) is 7.13. The van der Waals surface area contributed by atoms with Gasteiger partial charge in [-0.05, 0) is 57.5 Å². The van der Waals surface area contributed by atoms with E-state index in [2.05, 4.69) is 10.2 Å². The molecule has 0 radical (unpaired) electrons. The molecule has 9 heteroatoms. The maximum Gasteiger partial charge on any atom is 0.269 e. The Morgan fingerprint density at radius 3 is 1.45 bits per heavy atom. The van der Waals surface area contributed by atoms with Gasteiger partial charge in [-0.3, -0.25) is 19.7 Å². The van der Waals surface area contributed by atoms with E-state index in [1.807, 2.05) is 62.4 Å². The predicted octanol–water partition coefficient (Wildman–Crippen LogP) is 5.37. The third-order valence-electron chi connectivity index (χ3n) is 7.13. The second-order valence-electron chi connectivity index (χ2n) is 9.78. The van der Waals surface area contributed by atoms with E-state index in [4.69, 9.17) is 0 Å². The first-order valence-electron chi connectivity index (χ1n) is 12.3. The number of nitro benzene ring substituents is 1. The van der Waals surface area contributed by atoms with Gasteiger partial charge in [0.15, 0.2) is 0 Å². The van der Waals surface area contributed by atoms with Crippen molar-refractivity contribution in [1.29, 1.82) is 0 Å². The molecule has 0 fully saturated rings. The Labute approximate surface area is 220 Å². The smallest absolute Gasteiger partial charge is 0.269 e. The van der Waals surface area contributed by atoms with Crippen molar-refractivity contribution >= 4 is 40.3 Å². The van der Waals surface area contributed by atoms with E-state index in [-0.39, 0.29) is 17.5 Å². The van der Waals surface area contributed by atoms with E-state index in [0.717, 1.165) is 11.1 Å². The first-order valence-corrected chi connectivity index (χ1v) is 12.3. The van der Waals surface area contributed by atoms with E-state index in [9.17, 15) is 19.7 Å². The number of anilines is 2. The Kier molecular flexibility index (Phi) is 6.36. The first kappa shape index (κ1) is 25.0. The molecule has 0 spiro atoms. The number of carbonyl (C=O) groups is 2. The molecular formula is C29H27N5O4. The molecule has 0 saturated carbocycles. The molecule has 38 heavy (non-hydrogen) atoms. The molecule has 0 aliphatic carbocycles. The van der Waals surface area contributed by atoms with Crippen molar-refractivity contribution in [1.82, 2.24) is 0 Å². The zero-order chi connectivity index (χ0) is 27.1. The lowest BCUT2D eigenvalue weighted by Crippen LogP contribution is -2.40. The maximum atomic E-state index is 13.9. The molecule has 9 nitrogen and oxygen atoms in total. The number of nitro groups is 1. The number of amides is 2. The van der Waals surface area contributed by atoms with Crippen LogP contribution in [0, 0.1) is 35.8 Å². The molecule has 0 saturated heterocycles. The molecule has 2 aliphatic rings. The number of hydrazone groups is 2. The number of aryl methyl sites for hydroxylation is 2. The molecule has 0 unspecified atom stereocenters. The van der Waals surface area contributed by atoms with Gasteiger partial charge >= 0.3 is 0 Å². The Morgan fingerprint density at radius 1 is 0.684 bits per heavy atom. The predicted molar refractivity (Wildman–Crippen MR) is 146 cm³/mol. The van der Waals surface area contributed by atoms with E-state index < -0.39 is 22.7 Å². The Hall–Kier alpha value is -4.66. The minimum atomic E-state index is -0.755. The summed E-state index contributed by atoms with van der Waals surface area (Å²) in [5, 5.41) is 23.2. The van der Waals surface area contributed by atoms with Crippen LogP contribution in [0.4, 0.5) is 17.1 Å². The van der Waals surface area contributed by atoms with Crippen LogP contribution in [0.2, 0.25) is 0 Å². The average molecular weight is 510 g/mol. The number of hydrogen-bond donors (Lipinski definition) is 0. The van der Waals surface area contributed by atoms with Crippen LogP contribution < -0.4 is 10.0 Å². The lowest BCUT2D eigenvalue weighted by molar-refractivity contribution is -0.384. The highest BCUT2D eigenvalue weighted by Gasteiger charge is 2.50. The van der Waals surface area contributed by atoms with E-state index in [0.29, 0.717) is 28.4 Å². The number of benzene rings is 3. The zero-order valence-electron chi connectivity index (χ0n) is 21.5. The van der Waals surface area contributed by atoms with Gasteiger partial charge in [-0.2, -0.15) is 10.2 Å². The Morgan fingerprint density at radius 2 is 1.08 bits per heavy atom. The number of hydrogen-bond acceptors (Lipinski definition) is 6. The van der Waals surface area contributed by atoms with Gasteiger partial charge in [0.2, 0.25) is 0 Å². The topological polar surface area (TPSA) is 108 Å². The minimum Gasteiger partial charge on any atom is -0.272 e. The molecule has 2 amide bonds. The normalized spacial score (nSPS) is 19.3. The van der Waals surface area contributed by atoms with E-state index in [1.165, 1.54) is 22.2 Å². The molecule has 5 rings (SSSR count). The molecule has 2 atom stereocenters. The van der Waals surface area contributed by atoms with Crippen LogP contribution >= 0.6 is 0 Å². The van der Waals surface area contributed by atoms with Gasteiger partial charge in [-0.25, -0.2) is 10.0 Å². The fourth-order valence-corrected chi connectivity index (χ4v) is 5.12. The molecule has 3 aromatic rings. The summed E-state index contributed by atoms with van der Waals surface area (Å²) in [4.78, 5) is 38.6. The van der Waals surface area contributed by atoms with Crippen molar-refractivity contribution < 1.29 is 14.5 Å². The lowest BCUT2D eigenvalue weighted by Gasteiger charge is -2.28. The standard InChI is InChI=1S/C29H27N5O4/c1-17-5-11-22(12-6-17)32-28(35)25(19(3)30-32)27(21-9-15-24(16-10-21)34(37)38)26-20(4)31-33(29(26)36)23-13-7-18(2)8-14-23/h5-16,25-27H,1-4H3/t25-,26-/m1/s1. The quantitative estimate of drug-likeness (QED) is 0.329. The van der Waals surface area contributed by atoms with Gasteiger partial charge < -0.3 is 0 Å². The number of non-ortho nitro benzene ring substituents is 1. The molecule has 0 bridgehead atoms. The van der Waals surface area contributed by atoms with Gasteiger partial charge in [-0.1, -0.05) is 47.5 Å². The van der Waals surface area contributed by atoms with Gasteiger partial charge in [0.25, 0.3) is 17.5 Å². The highest BCUT2D eigenvalue weighted by atomic mass is 16.6. The van der Waals surface area contributed by atoms with Crippen molar-refractivity contribution in [2.75, 3.05) is 10.0 Å². The average Bonchev–Trinajstić information content (AvgIpc) is 3.36. The van der Waals surface area contributed by atoms with Crippen molar-refractivity contribution in [2.45, 2.75) is 33.6 Å². The second kappa shape index (κ2) is 9.66. The molecule has 2 aliphatic heterocycles. The number of nitrogens with zero attached hydrogens (tertiary/aromatic N) is 5. The maximum absolute atomic E-state index is 13.9. The van der Waals surface area contributed by atoms with Crippen molar-refractivity contribution in [3.63, 3.8) is 0 Å². The molecule has 0 aromatic heterocycles. The van der Waals surface area contributed by atoms with Gasteiger partial charge in [0.05, 0.1) is 28.1 Å². The fraction of sp³-hybridized carbons (Fsp3) is 0.241. The van der Waals surface area contributed by atoms with Crippen LogP contribution in [-0.4, -0.2) is 28.2 Å². The summed E-state index contributed by atoms with van der Waals surface area (Å²) in [6.45, 7) is 7.48. The van der Waals surface area contributed by atoms with Crippen molar-refractivity contribution in [2.24, 2.45) is 22.0 Å². The SMILES string of the molecule is CC1=NN(c2ccc(C)cc2)C(=O)[C@H]1C(c1ccc([N+](=O)[O-])cc1)[C@@H]1C(=O)N(c2ccc(C)cc2)N=C1C. The van der Waals surface area contributed by atoms with Gasteiger partial charge in [0.1, 0.15) is 0 Å². The van der Waals surface area contributed by atoms with Crippen molar-refractivity contribution in [3.05, 3.63) is 99.6 Å². The molecule has 192 valence electrons. The van der Waals surface area contributed by atoms with E-state index >= 15 is 0 Å². The highest BCUT2D eigenvalue weighted by Crippen LogP contribution is 2.43. The summed E-state index contributed by atoms with van der Waals surface area (Å²) < 4.78 is 0. The molecular weight excluding hydrogens is 482 g/mol. The zero-order valence-corrected chi connectivity index (χ0v) is 21.5. The summed E-state index contributed by atoms with van der Waals surface area (Å²) in [5.41, 5.74) is 5.07. The largest absolute Gasteiger partial charge is 0.272 e. The molecule has 0 N–H and O–H groups in total.